The van der Waals surface area contributed by atoms with E-state index < -0.39 is 48.6 Å². The van der Waals surface area contributed by atoms with Crippen LogP contribution in [0.15, 0.2) is 73.3 Å². The molecule has 1 heterocycles. The molecule has 0 radical (unpaired) electrons. The molecule has 1 saturated heterocycles. The highest BCUT2D eigenvalue weighted by molar-refractivity contribution is 5.90. The molecule has 2 aromatic carbocycles. The predicted octanol–water partition coefficient (Wildman–Crippen LogP) is 3.32. The van der Waals surface area contributed by atoms with Crippen LogP contribution in [0.4, 0.5) is 0 Å². The standard InChI is InChI=1S/C25H26O8/c1-4-15-29-25-22(31-17(3)26)21(33-24(28)19-13-9-6-10-14-19)20(16(2)30-25)32-23(27)18-11-7-5-8-12-18/h4-14,16,20-22,25H,1,15H2,2-3H3/t16-,20-,21+,22+,25+/m0/s1. The van der Waals surface area contributed by atoms with Crippen molar-refractivity contribution in [2.24, 2.45) is 0 Å². The Morgan fingerprint density at radius 3 is 1.85 bits per heavy atom. The van der Waals surface area contributed by atoms with Crippen molar-refractivity contribution in [3.8, 4) is 0 Å². The average Bonchev–Trinajstić information content (AvgIpc) is 2.82. The van der Waals surface area contributed by atoms with Gasteiger partial charge in [0.15, 0.2) is 24.6 Å². The lowest BCUT2D eigenvalue weighted by molar-refractivity contribution is -0.292. The van der Waals surface area contributed by atoms with Gasteiger partial charge in [-0.1, -0.05) is 42.5 Å². The van der Waals surface area contributed by atoms with Crippen LogP contribution in [0.1, 0.15) is 34.6 Å². The first-order chi connectivity index (χ1) is 15.9. The number of esters is 3. The molecular formula is C25H26O8. The third-order valence-corrected chi connectivity index (χ3v) is 4.91. The SMILES string of the molecule is C=CCO[C@@H]1O[C@@H](C)[C@H](OC(=O)c2ccccc2)[C@@H](OC(=O)c2ccccc2)[C@H]1OC(C)=O. The number of benzene rings is 2. The van der Waals surface area contributed by atoms with E-state index in [1.807, 2.05) is 0 Å². The maximum absolute atomic E-state index is 12.9. The molecule has 0 spiro atoms. The van der Waals surface area contributed by atoms with Crippen LogP contribution < -0.4 is 0 Å². The van der Waals surface area contributed by atoms with Gasteiger partial charge in [0.05, 0.1) is 23.8 Å². The Kier molecular flexibility index (Phi) is 8.34. The number of carbonyl (C=O) groups excluding carboxylic acids is 3. The number of carbonyl (C=O) groups is 3. The van der Waals surface area contributed by atoms with E-state index in [2.05, 4.69) is 6.58 Å². The van der Waals surface area contributed by atoms with Gasteiger partial charge in [-0.3, -0.25) is 4.79 Å². The summed E-state index contributed by atoms with van der Waals surface area (Å²) in [4.78, 5) is 37.5. The van der Waals surface area contributed by atoms with E-state index in [4.69, 9.17) is 23.7 Å². The molecule has 0 amide bonds. The second-order valence-corrected chi connectivity index (χ2v) is 7.38. The van der Waals surface area contributed by atoms with E-state index in [0.29, 0.717) is 5.56 Å². The first-order valence-corrected chi connectivity index (χ1v) is 10.5. The van der Waals surface area contributed by atoms with Gasteiger partial charge < -0.3 is 23.7 Å². The molecule has 5 atom stereocenters. The highest BCUT2D eigenvalue weighted by Crippen LogP contribution is 2.30. The molecular weight excluding hydrogens is 428 g/mol. The van der Waals surface area contributed by atoms with Crippen LogP contribution in [0.2, 0.25) is 0 Å². The van der Waals surface area contributed by atoms with Gasteiger partial charge in [0.1, 0.15) is 0 Å². The van der Waals surface area contributed by atoms with Crippen LogP contribution in [-0.4, -0.2) is 55.2 Å². The molecule has 2 aromatic rings. The third kappa shape index (κ3) is 6.27. The summed E-state index contributed by atoms with van der Waals surface area (Å²) >= 11 is 0. The summed E-state index contributed by atoms with van der Waals surface area (Å²) in [6.45, 7) is 6.57. The van der Waals surface area contributed by atoms with Crippen LogP contribution in [0.25, 0.3) is 0 Å². The second kappa shape index (κ2) is 11.4. The topological polar surface area (TPSA) is 97.4 Å². The number of hydrogen-bond donors (Lipinski definition) is 0. The molecule has 1 aliphatic rings. The summed E-state index contributed by atoms with van der Waals surface area (Å²) in [5.74, 6) is -1.95. The zero-order chi connectivity index (χ0) is 23.8. The van der Waals surface area contributed by atoms with Crippen LogP contribution in [0.3, 0.4) is 0 Å². The lowest BCUT2D eigenvalue weighted by Crippen LogP contribution is -2.61. The summed E-state index contributed by atoms with van der Waals surface area (Å²) in [5.41, 5.74) is 0.599. The zero-order valence-corrected chi connectivity index (χ0v) is 18.4. The van der Waals surface area contributed by atoms with E-state index in [0.717, 1.165) is 0 Å². The first kappa shape index (κ1) is 24.2. The molecule has 0 aliphatic carbocycles. The Balaban J connectivity index is 1.93. The van der Waals surface area contributed by atoms with Crippen molar-refractivity contribution in [2.75, 3.05) is 6.61 Å². The summed E-state index contributed by atoms with van der Waals surface area (Å²) < 4.78 is 28.3. The molecule has 0 aromatic heterocycles. The van der Waals surface area contributed by atoms with Gasteiger partial charge in [0, 0.05) is 6.92 Å². The molecule has 1 aliphatic heterocycles. The predicted molar refractivity (Wildman–Crippen MR) is 117 cm³/mol. The molecule has 0 N–H and O–H groups in total. The maximum Gasteiger partial charge on any atom is 0.338 e. The highest BCUT2D eigenvalue weighted by Gasteiger charge is 2.51. The Hall–Kier alpha value is -3.49. The van der Waals surface area contributed by atoms with E-state index in [1.165, 1.54) is 13.0 Å². The summed E-state index contributed by atoms with van der Waals surface area (Å²) in [7, 11) is 0. The largest absolute Gasteiger partial charge is 0.453 e. The van der Waals surface area contributed by atoms with Crippen molar-refractivity contribution in [3.05, 3.63) is 84.4 Å². The lowest BCUT2D eigenvalue weighted by atomic mass is 9.98. The zero-order valence-electron chi connectivity index (χ0n) is 18.4. The molecule has 33 heavy (non-hydrogen) atoms. The number of ether oxygens (including phenoxy) is 5. The average molecular weight is 454 g/mol. The minimum Gasteiger partial charge on any atom is -0.453 e. The minimum absolute atomic E-state index is 0.100. The fraction of sp³-hybridized carbons (Fsp3) is 0.320. The molecule has 8 heteroatoms. The van der Waals surface area contributed by atoms with Gasteiger partial charge in [0.25, 0.3) is 0 Å². The molecule has 0 unspecified atom stereocenters. The van der Waals surface area contributed by atoms with Crippen LogP contribution in [-0.2, 0) is 28.5 Å². The Morgan fingerprint density at radius 2 is 1.36 bits per heavy atom. The van der Waals surface area contributed by atoms with Crippen molar-refractivity contribution < 1.29 is 38.1 Å². The van der Waals surface area contributed by atoms with Crippen LogP contribution in [0.5, 0.6) is 0 Å². The molecule has 0 bridgehead atoms. The lowest BCUT2D eigenvalue weighted by Gasteiger charge is -2.43. The summed E-state index contributed by atoms with van der Waals surface area (Å²) in [6.07, 6.45) is -3.74. The second-order valence-electron chi connectivity index (χ2n) is 7.38. The minimum atomic E-state index is -1.19. The summed E-state index contributed by atoms with van der Waals surface area (Å²) in [6, 6.07) is 16.7. The number of hydrogen-bond acceptors (Lipinski definition) is 8. The molecule has 1 fully saturated rings. The third-order valence-electron chi connectivity index (χ3n) is 4.91. The van der Waals surface area contributed by atoms with Crippen LogP contribution >= 0.6 is 0 Å². The van der Waals surface area contributed by atoms with E-state index >= 15 is 0 Å². The Labute approximate surface area is 192 Å². The molecule has 3 rings (SSSR count). The molecule has 174 valence electrons. The summed E-state index contributed by atoms with van der Waals surface area (Å²) in [5, 5.41) is 0. The van der Waals surface area contributed by atoms with Crippen molar-refractivity contribution in [3.63, 3.8) is 0 Å². The van der Waals surface area contributed by atoms with Gasteiger partial charge >= 0.3 is 17.9 Å². The van der Waals surface area contributed by atoms with Gasteiger partial charge in [0.2, 0.25) is 0 Å². The Morgan fingerprint density at radius 1 is 0.848 bits per heavy atom. The van der Waals surface area contributed by atoms with E-state index in [1.54, 1.807) is 67.6 Å². The quantitative estimate of drug-likeness (QED) is 0.340. The monoisotopic (exact) mass is 454 g/mol. The van der Waals surface area contributed by atoms with Crippen molar-refractivity contribution >= 4 is 17.9 Å². The molecule has 0 saturated carbocycles. The van der Waals surface area contributed by atoms with Gasteiger partial charge in [-0.15, -0.1) is 6.58 Å². The maximum atomic E-state index is 12.9. The molecule has 8 nitrogen and oxygen atoms in total. The Bertz CT molecular complexity index is 959. The highest BCUT2D eigenvalue weighted by atomic mass is 16.7. The smallest absolute Gasteiger partial charge is 0.338 e. The van der Waals surface area contributed by atoms with Crippen molar-refractivity contribution in [2.45, 2.75) is 44.6 Å². The van der Waals surface area contributed by atoms with Crippen LogP contribution in [0, 0.1) is 0 Å². The number of rotatable bonds is 8. The van der Waals surface area contributed by atoms with Gasteiger partial charge in [-0.05, 0) is 31.2 Å². The van der Waals surface area contributed by atoms with E-state index in [-0.39, 0.29) is 12.2 Å². The van der Waals surface area contributed by atoms with Gasteiger partial charge in [-0.2, -0.15) is 0 Å². The first-order valence-electron chi connectivity index (χ1n) is 10.5. The fourth-order valence-electron chi connectivity index (χ4n) is 3.42. The van der Waals surface area contributed by atoms with Gasteiger partial charge in [-0.25, -0.2) is 9.59 Å². The normalized spacial score (nSPS) is 24.4. The van der Waals surface area contributed by atoms with E-state index in [9.17, 15) is 14.4 Å². The fourth-order valence-corrected chi connectivity index (χ4v) is 3.42. The van der Waals surface area contributed by atoms with Crippen molar-refractivity contribution in [1.29, 1.82) is 0 Å². The van der Waals surface area contributed by atoms with Crippen molar-refractivity contribution in [1.82, 2.24) is 0 Å².